The molecule has 0 spiro atoms. The Morgan fingerprint density at radius 2 is 2.40 bits per heavy atom. The summed E-state index contributed by atoms with van der Waals surface area (Å²) in [7, 11) is 1.43. The van der Waals surface area contributed by atoms with Crippen LogP contribution in [0.3, 0.4) is 0 Å². The molecule has 0 aromatic heterocycles. The van der Waals surface area contributed by atoms with E-state index in [1.54, 1.807) is 0 Å². The second-order valence-corrected chi connectivity index (χ2v) is 2.43. The van der Waals surface area contributed by atoms with Crippen molar-refractivity contribution < 1.29 is 14.6 Å². The van der Waals surface area contributed by atoms with Gasteiger partial charge in [-0.2, -0.15) is 0 Å². The smallest absolute Gasteiger partial charge is 0.222 e. The minimum absolute atomic E-state index is 0.0227. The fraction of sp³-hybridized carbons (Fsp3) is 0.833. The molecule has 1 N–H and O–H groups in total. The van der Waals surface area contributed by atoms with Crippen molar-refractivity contribution in [2.24, 2.45) is 5.92 Å². The maximum Gasteiger partial charge on any atom is 0.222 e. The van der Waals surface area contributed by atoms with Crippen LogP contribution in [0.2, 0.25) is 0 Å². The van der Waals surface area contributed by atoms with Crippen LogP contribution in [0.1, 0.15) is 13.3 Å². The molecule has 1 aliphatic heterocycles. The van der Waals surface area contributed by atoms with E-state index < -0.39 is 0 Å². The van der Waals surface area contributed by atoms with Crippen LogP contribution >= 0.6 is 0 Å². The van der Waals surface area contributed by atoms with E-state index >= 15 is 0 Å². The van der Waals surface area contributed by atoms with Crippen LogP contribution in [0.15, 0.2) is 0 Å². The molecule has 4 nitrogen and oxygen atoms in total. The van der Waals surface area contributed by atoms with Gasteiger partial charge in [-0.15, -0.1) is 0 Å². The molecule has 1 fully saturated rings. The van der Waals surface area contributed by atoms with Crippen molar-refractivity contribution in [2.45, 2.75) is 19.6 Å². The van der Waals surface area contributed by atoms with Gasteiger partial charge in [-0.1, -0.05) is 6.92 Å². The van der Waals surface area contributed by atoms with Crippen LogP contribution in [-0.4, -0.2) is 19.2 Å². The lowest BCUT2D eigenvalue weighted by atomic mass is 10.1. The van der Waals surface area contributed by atoms with E-state index in [0.29, 0.717) is 6.42 Å². The van der Waals surface area contributed by atoms with Crippen molar-refractivity contribution in [1.29, 1.82) is 0 Å². The first kappa shape index (κ1) is 7.50. The van der Waals surface area contributed by atoms with Crippen molar-refractivity contribution in [1.82, 2.24) is 5.32 Å². The average Bonchev–Trinajstić information content (AvgIpc) is 2.13. The van der Waals surface area contributed by atoms with Gasteiger partial charge in [0.2, 0.25) is 5.91 Å². The van der Waals surface area contributed by atoms with Crippen molar-refractivity contribution >= 4 is 5.91 Å². The van der Waals surface area contributed by atoms with Gasteiger partial charge in [0.15, 0.2) is 6.23 Å². The van der Waals surface area contributed by atoms with Gasteiger partial charge >= 0.3 is 0 Å². The summed E-state index contributed by atoms with van der Waals surface area (Å²) in [6.07, 6.45) is 0.256. The van der Waals surface area contributed by atoms with Crippen LogP contribution in [-0.2, 0) is 14.6 Å². The summed E-state index contributed by atoms with van der Waals surface area (Å²) in [6, 6.07) is 0. The minimum atomic E-state index is -0.266. The molecule has 1 amide bonds. The Balaban J connectivity index is 2.38. The molecule has 0 aromatic rings. The Morgan fingerprint density at radius 1 is 1.70 bits per heavy atom. The van der Waals surface area contributed by atoms with E-state index in [9.17, 15) is 4.79 Å². The highest BCUT2D eigenvalue weighted by Gasteiger charge is 2.29. The molecule has 0 aliphatic carbocycles. The number of amides is 1. The molecule has 0 bridgehead atoms. The van der Waals surface area contributed by atoms with Gasteiger partial charge in [0.05, 0.1) is 7.11 Å². The standard InChI is InChI=1S/C6H11NO3/c1-4-3-5(8)7-6(4)10-9-2/h4,6H,3H2,1-2H3,(H,7,8)/t4-,6+/m0/s1. The number of carbonyl (C=O) groups is 1. The van der Waals surface area contributed by atoms with E-state index in [0.717, 1.165) is 0 Å². The zero-order valence-corrected chi connectivity index (χ0v) is 6.09. The molecule has 10 heavy (non-hydrogen) atoms. The molecule has 1 heterocycles. The third kappa shape index (κ3) is 1.46. The molecular weight excluding hydrogens is 134 g/mol. The lowest BCUT2D eigenvalue weighted by Crippen LogP contribution is -2.30. The molecule has 0 saturated carbocycles. The molecule has 1 saturated heterocycles. The molecule has 0 aromatic carbocycles. The summed E-state index contributed by atoms with van der Waals surface area (Å²) >= 11 is 0. The Labute approximate surface area is 59.4 Å². The van der Waals surface area contributed by atoms with Crippen molar-refractivity contribution in [3.05, 3.63) is 0 Å². The summed E-state index contributed by atoms with van der Waals surface area (Å²) in [6.45, 7) is 1.93. The van der Waals surface area contributed by atoms with Crippen molar-refractivity contribution in [3.8, 4) is 0 Å². The first-order valence-electron chi connectivity index (χ1n) is 3.23. The van der Waals surface area contributed by atoms with Gasteiger partial charge < -0.3 is 5.32 Å². The van der Waals surface area contributed by atoms with E-state index in [4.69, 9.17) is 4.89 Å². The number of nitrogens with one attached hydrogen (secondary N) is 1. The van der Waals surface area contributed by atoms with E-state index in [-0.39, 0.29) is 18.1 Å². The SMILES string of the molecule is COO[C@H]1NC(=O)C[C@@H]1C. The lowest BCUT2D eigenvalue weighted by molar-refractivity contribution is -0.314. The largest absolute Gasteiger partial charge is 0.328 e. The monoisotopic (exact) mass is 145 g/mol. The molecule has 4 heteroatoms. The Hall–Kier alpha value is -0.610. The molecule has 58 valence electrons. The van der Waals surface area contributed by atoms with Gasteiger partial charge in [0.25, 0.3) is 0 Å². The highest BCUT2D eigenvalue weighted by Crippen LogP contribution is 2.15. The fourth-order valence-corrected chi connectivity index (χ4v) is 0.982. The predicted octanol–water partition coefficient (Wildman–Crippen LogP) is 0.0465. The Kier molecular flexibility index (Phi) is 2.24. The summed E-state index contributed by atoms with van der Waals surface area (Å²) in [5, 5.41) is 2.62. The van der Waals surface area contributed by atoms with Crippen LogP contribution in [0, 0.1) is 5.92 Å². The normalized spacial score (nSPS) is 32.4. The van der Waals surface area contributed by atoms with Crippen LogP contribution < -0.4 is 5.32 Å². The van der Waals surface area contributed by atoms with Gasteiger partial charge in [-0.3, -0.25) is 4.79 Å². The van der Waals surface area contributed by atoms with Gasteiger partial charge in [-0.25, -0.2) is 9.78 Å². The van der Waals surface area contributed by atoms with E-state index in [2.05, 4.69) is 10.2 Å². The highest BCUT2D eigenvalue weighted by atomic mass is 17.2. The zero-order valence-electron chi connectivity index (χ0n) is 6.09. The second-order valence-electron chi connectivity index (χ2n) is 2.43. The van der Waals surface area contributed by atoms with E-state index in [1.165, 1.54) is 7.11 Å². The van der Waals surface area contributed by atoms with Gasteiger partial charge in [0, 0.05) is 12.3 Å². The number of hydrogen-bond donors (Lipinski definition) is 1. The highest BCUT2D eigenvalue weighted by molar-refractivity contribution is 5.78. The maximum atomic E-state index is 10.7. The number of hydrogen-bond acceptors (Lipinski definition) is 3. The third-order valence-electron chi connectivity index (χ3n) is 1.53. The Bertz CT molecular complexity index is 137. The minimum Gasteiger partial charge on any atom is -0.328 e. The van der Waals surface area contributed by atoms with E-state index in [1.807, 2.05) is 6.92 Å². The first-order valence-corrected chi connectivity index (χ1v) is 3.23. The molecule has 0 radical (unpaired) electrons. The predicted molar refractivity (Wildman–Crippen MR) is 33.8 cm³/mol. The molecule has 1 aliphatic rings. The summed E-state index contributed by atoms with van der Waals surface area (Å²) in [4.78, 5) is 19.9. The quantitative estimate of drug-likeness (QED) is 0.441. The number of rotatable bonds is 2. The van der Waals surface area contributed by atoms with Crippen molar-refractivity contribution in [2.75, 3.05) is 7.11 Å². The van der Waals surface area contributed by atoms with Crippen LogP contribution in [0.5, 0.6) is 0 Å². The maximum absolute atomic E-state index is 10.7. The summed E-state index contributed by atoms with van der Waals surface area (Å²) in [5.41, 5.74) is 0. The lowest BCUT2D eigenvalue weighted by Gasteiger charge is -2.11. The molecular formula is C6H11NO3. The molecule has 0 unspecified atom stereocenters. The van der Waals surface area contributed by atoms with Crippen LogP contribution in [0.25, 0.3) is 0 Å². The zero-order chi connectivity index (χ0) is 7.56. The Morgan fingerprint density at radius 3 is 2.80 bits per heavy atom. The fourth-order valence-electron chi connectivity index (χ4n) is 0.982. The van der Waals surface area contributed by atoms with Crippen LogP contribution in [0.4, 0.5) is 0 Å². The van der Waals surface area contributed by atoms with Crippen molar-refractivity contribution in [3.63, 3.8) is 0 Å². The average molecular weight is 145 g/mol. The number of carbonyl (C=O) groups excluding carboxylic acids is 1. The molecule has 2 atom stereocenters. The third-order valence-corrected chi connectivity index (χ3v) is 1.53. The van der Waals surface area contributed by atoms with Gasteiger partial charge in [-0.05, 0) is 0 Å². The summed E-state index contributed by atoms with van der Waals surface area (Å²) in [5.74, 6) is 0.224. The molecule has 1 rings (SSSR count). The van der Waals surface area contributed by atoms with Gasteiger partial charge in [0.1, 0.15) is 0 Å². The topological polar surface area (TPSA) is 47.6 Å². The summed E-state index contributed by atoms with van der Waals surface area (Å²) < 4.78 is 0. The first-order chi connectivity index (χ1) is 4.74. The second kappa shape index (κ2) is 2.98.